The summed E-state index contributed by atoms with van der Waals surface area (Å²) in [6.45, 7) is 2.06. The Balaban J connectivity index is 1.90. The maximum absolute atomic E-state index is 12.8. The molecule has 1 saturated heterocycles. The Labute approximate surface area is 131 Å². The van der Waals surface area contributed by atoms with Crippen LogP contribution in [0, 0.1) is 11.8 Å². The highest BCUT2D eigenvalue weighted by atomic mass is 32.2. The van der Waals surface area contributed by atoms with Crippen molar-refractivity contribution in [2.45, 2.75) is 25.8 Å². The van der Waals surface area contributed by atoms with Crippen molar-refractivity contribution in [2.24, 2.45) is 11.8 Å². The molecule has 3 unspecified atom stereocenters. The summed E-state index contributed by atoms with van der Waals surface area (Å²) in [6.07, 6.45) is 1.41. The number of hydrogen-bond donors (Lipinski definition) is 0. The first-order valence-corrected chi connectivity index (χ1v) is 9.41. The SMILES string of the molecule is COc1ccc(N(C(=O)C2CC2C)C2CCS(=O)(=O)C2)cc1. The fourth-order valence-electron chi connectivity index (χ4n) is 3.08. The summed E-state index contributed by atoms with van der Waals surface area (Å²) in [5.74, 6) is 1.43. The molecular weight excluding hydrogens is 302 g/mol. The highest BCUT2D eigenvalue weighted by Crippen LogP contribution is 2.41. The molecule has 0 N–H and O–H groups in total. The summed E-state index contributed by atoms with van der Waals surface area (Å²) in [4.78, 5) is 14.5. The standard InChI is InChI=1S/C16H21NO4S/c1-11-9-15(11)16(18)17(13-7-8-22(19,20)10-13)12-3-5-14(21-2)6-4-12/h3-6,11,13,15H,7-10H2,1-2H3. The number of anilines is 1. The molecule has 120 valence electrons. The van der Waals surface area contributed by atoms with Gasteiger partial charge < -0.3 is 9.64 Å². The van der Waals surface area contributed by atoms with Gasteiger partial charge in [0, 0.05) is 11.6 Å². The number of ether oxygens (including phenoxy) is 1. The van der Waals surface area contributed by atoms with E-state index in [-0.39, 0.29) is 29.4 Å². The van der Waals surface area contributed by atoms with Crippen LogP contribution in [0.4, 0.5) is 5.69 Å². The molecule has 0 radical (unpaired) electrons. The van der Waals surface area contributed by atoms with E-state index in [4.69, 9.17) is 4.74 Å². The number of rotatable bonds is 4. The van der Waals surface area contributed by atoms with Gasteiger partial charge in [0.25, 0.3) is 0 Å². The van der Waals surface area contributed by atoms with Crippen LogP contribution in [0.2, 0.25) is 0 Å². The molecule has 1 heterocycles. The predicted octanol–water partition coefficient (Wildman–Crippen LogP) is 1.87. The quantitative estimate of drug-likeness (QED) is 0.848. The third-order valence-corrected chi connectivity index (χ3v) is 6.34. The van der Waals surface area contributed by atoms with Crippen LogP contribution in [0.15, 0.2) is 24.3 Å². The van der Waals surface area contributed by atoms with Crippen LogP contribution in [0.3, 0.4) is 0 Å². The van der Waals surface area contributed by atoms with Crippen LogP contribution >= 0.6 is 0 Å². The van der Waals surface area contributed by atoms with E-state index < -0.39 is 9.84 Å². The molecule has 3 atom stereocenters. The lowest BCUT2D eigenvalue weighted by Crippen LogP contribution is -2.42. The average Bonchev–Trinajstić information content (AvgIpc) is 3.12. The van der Waals surface area contributed by atoms with Gasteiger partial charge in [0.15, 0.2) is 9.84 Å². The van der Waals surface area contributed by atoms with Crippen molar-refractivity contribution in [3.8, 4) is 5.75 Å². The maximum Gasteiger partial charge on any atom is 0.230 e. The van der Waals surface area contributed by atoms with E-state index in [2.05, 4.69) is 6.92 Å². The van der Waals surface area contributed by atoms with Crippen LogP contribution in [-0.4, -0.2) is 39.0 Å². The number of benzene rings is 1. The van der Waals surface area contributed by atoms with Gasteiger partial charge in [-0.1, -0.05) is 6.92 Å². The molecule has 1 aliphatic heterocycles. The molecule has 0 spiro atoms. The number of nitrogens with zero attached hydrogens (tertiary/aromatic N) is 1. The number of methoxy groups -OCH3 is 1. The Kier molecular flexibility index (Phi) is 3.89. The zero-order valence-corrected chi connectivity index (χ0v) is 13.7. The summed E-state index contributed by atoms with van der Waals surface area (Å²) < 4.78 is 28.7. The Morgan fingerprint density at radius 1 is 1.27 bits per heavy atom. The van der Waals surface area contributed by atoms with E-state index in [9.17, 15) is 13.2 Å². The number of hydrogen-bond acceptors (Lipinski definition) is 4. The second-order valence-corrected chi connectivity index (χ2v) is 8.51. The monoisotopic (exact) mass is 323 g/mol. The van der Waals surface area contributed by atoms with Gasteiger partial charge in [-0.3, -0.25) is 4.79 Å². The lowest BCUT2D eigenvalue weighted by molar-refractivity contribution is -0.120. The maximum atomic E-state index is 12.8. The van der Waals surface area contributed by atoms with Crippen LogP contribution in [0.5, 0.6) is 5.75 Å². The molecule has 2 fully saturated rings. The summed E-state index contributed by atoms with van der Waals surface area (Å²) in [5, 5.41) is 0. The van der Waals surface area contributed by atoms with Crippen molar-refractivity contribution >= 4 is 21.4 Å². The zero-order valence-electron chi connectivity index (χ0n) is 12.9. The fraction of sp³-hybridized carbons (Fsp3) is 0.562. The minimum absolute atomic E-state index is 0.0328. The number of carbonyl (C=O) groups is 1. The van der Waals surface area contributed by atoms with E-state index >= 15 is 0 Å². The van der Waals surface area contributed by atoms with E-state index in [0.29, 0.717) is 12.3 Å². The van der Waals surface area contributed by atoms with Gasteiger partial charge in [-0.2, -0.15) is 0 Å². The third-order valence-electron chi connectivity index (χ3n) is 4.59. The molecule has 2 aliphatic rings. The molecule has 5 nitrogen and oxygen atoms in total. The third kappa shape index (κ3) is 2.97. The minimum Gasteiger partial charge on any atom is -0.497 e. The summed E-state index contributed by atoms with van der Waals surface area (Å²) in [5.41, 5.74) is 0.756. The normalized spacial score (nSPS) is 29.1. The highest BCUT2D eigenvalue weighted by molar-refractivity contribution is 7.91. The van der Waals surface area contributed by atoms with E-state index in [1.807, 2.05) is 12.1 Å². The summed E-state index contributed by atoms with van der Waals surface area (Å²) in [7, 11) is -1.44. The van der Waals surface area contributed by atoms with E-state index in [1.54, 1.807) is 24.1 Å². The highest BCUT2D eigenvalue weighted by Gasteiger charge is 2.45. The second-order valence-electron chi connectivity index (χ2n) is 6.28. The Morgan fingerprint density at radius 2 is 1.91 bits per heavy atom. The molecule has 1 aliphatic carbocycles. The topological polar surface area (TPSA) is 63.7 Å². The average molecular weight is 323 g/mol. The Morgan fingerprint density at radius 3 is 2.36 bits per heavy atom. The molecule has 6 heteroatoms. The summed E-state index contributed by atoms with van der Waals surface area (Å²) >= 11 is 0. The molecule has 0 bridgehead atoms. The second kappa shape index (κ2) is 5.57. The Bertz CT molecular complexity index is 668. The first-order valence-electron chi connectivity index (χ1n) is 7.59. The fourth-order valence-corrected chi connectivity index (χ4v) is 4.78. The van der Waals surface area contributed by atoms with Gasteiger partial charge in [-0.25, -0.2) is 8.42 Å². The molecule has 22 heavy (non-hydrogen) atoms. The van der Waals surface area contributed by atoms with Crippen molar-refractivity contribution in [1.82, 2.24) is 0 Å². The molecule has 3 rings (SSSR count). The lowest BCUT2D eigenvalue weighted by Gasteiger charge is -2.29. The van der Waals surface area contributed by atoms with Crippen molar-refractivity contribution in [1.29, 1.82) is 0 Å². The van der Waals surface area contributed by atoms with Crippen molar-refractivity contribution < 1.29 is 17.9 Å². The molecule has 1 aromatic carbocycles. The number of sulfone groups is 1. The predicted molar refractivity (Wildman–Crippen MR) is 84.8 cm³/mol. The summed E-state index contributed by atoms with van der Waals surface area (Å²) in [6, 6.07) is 7.01. The van der Waals surface area contributed by atoms with Gasteiger partial charge in [0.05, 0.1) is 24.7 Å². The molecular formula is C16H21NO4S. The van der Waals surface area contributed by atoms with Crippen LogP contribution < -0.4 is 9.64 Å². The molecule has 1 aromatic rings. The van der Waals surface area contributed by atoms with Gasteiger partial charge in [0.1, 0.15) is 5.75 Å². The van der Waals surface area contributed by atoms with Crippen molar-refractivity contribution in [3.63, 3.8) is 0 Å². The van der Waals surface area contributed by atoms with Gasteiger partial charge in [-0.05, 0) is 43.0 Å². The van der Waals surface area contributed by atoms with Gasteiger partial charge >= 0.3 is 0 Å². The van der Waals surface area contributed by atoms with Crippen LogP contribution in [-0.2, 0) is 14.6 Å². The zero-order chi connectivity index (χ0) is 15.9. The van der Waals surface area contributed by atoms with Crippen molar-refractivity contribution in [2.75, 3.05) is 23.5 Å². The molecule has 1 saturated carbocycles. The van der Waals surface area contributed by atoms with E-state index in [0.717, 1.165) is 17.9 Å². The first kappa shape index (κ1) is 15.3. The van der Waals surface area contributed by atoms with Crippen molar-refractivity contribution in [3.05, 3.63) is 24.3 Å². The first-order chi connectivity index (χ1) is 10.4. The largest absolute Gasteiger partial charge is 0.497 e. The molecule has 1 amide bonds. The minimum atomic E-state index is -3.03. The van der Waals surface area contributed by atoms with Crippen LogP contribution in [0.1, 0.15) is 19.8 Å². The smallest absolute Gasteiger partial charge is 0.230 e. The lowest BCUT2D eigenvalue weighted by atomic mass is 10.1. The van der Waals surface area contributed by atoms with E-state index in [1.165, 1.54) is 0 Å². The van der Waals surface area contributed by atoms with Gasteiger partial charge in [-0.15, -0.1) is 0 Å². The van der Waals surface area contributed by atoms with Crippen LogP contribution in [0.25, 0.3) is 0 Å². The van der Waals surface area contributed by atoms with Gasteiger partial charge in [0.2, 0.25) is 5.91 Å². The molecule has 0 aromatic heterocycles. The Hall–Kier alpha value is -1.56. The number of carbonyl (C=O) groups excluding carboxylic acids is 1. The number of amides is 1.